The van der Waals surface area contributed by atoms with E-state index >= 15 is 0 Å². The van der Waals surface area contributed by atoms with Gasteiger partial charge in [-0.15, -0.1) is 0 Å². The fraction of sp³-hybridized carbons (Fsp3) is 0.857. The molecular weight excluding hydrogens is 196 g/mol. The van der Waals surface area contributed by atoms with Gasteiger partial charge in [0.25, 0.3) is 0 Å². The first-order valence-corrected chi connectivity index (χ1v) is 5.86. The van der Waals surface area contributed by atoms with Gasteiger partial charge in [0.1, 0.15) is 5.78 Å². The van der Waals surface area contributed by atoms with Crippen molar-refractivity contribution in [1.82, 2.24) is 0 Å². The van der Waals surface area contributed by atoms with Crippen molar-refractivity contribution in [1.29, 1.82) is 0 Å². The normalized spacial score (nSPS) is 32.4. The smallest absolute Gasteiger partial charge is 0.135 e. The second-order valence-electron chi connectivity index (χ2n) is 2.69. The molecule has 0 aromatic heterocycles. The zero-order chi connectivity index (χ0) is 8.27. The lowest BCUT2D eigenvalue weighted by molar-refractivity contribution is -0.119. The molecule has 2 atom stereocenters. The number of hydrogen-bond acceptors (Lipinski definition) is 4. The minimum absolute atomic E-state index is 0.377. The maximum Gasteiger partial charge on any atom is 0.135 e. The topological polar surface area (TPSA) is 17.1 Å². The highest BCUT2D eigenvalue weighted by Crippen LogP contribution is 2.30. The van der Waals surface area contributed by atoms with Crippen LogP contribution in [0.1, 0.15) is 12.8 Å². The molecule has 1 aliphatic rings. The third-order valence-corrected chi connectivity index (χ3v) is 4.51. The Morgan fingerprint density at radius 1 is 1.27 bits per heavy atom. The molecule has 2 unspecified atom stereocenters. The van der Waals surface area contributed by atoms with Gasteiger partial charge in [0.15, 0.2) is 0 Å². The minimum atomic E-state index is 0.377. The summed E-state index contributed by atoms with van der Waals surface area (Å²) in [4.78, 5) is 11.1. The van der Waals surface area contributed by atoms with E-state index in [9.17, 15) is 4.79 Å². The van der Waals surface area contributed by atoms with Gasteiger partial charge in [0.05, 0.1) is 0 Å². The molecule has 4 heteroatoms. The van der Waals surface area contributed by atoms with Gasteiger partial charge in [0.2, 0.25) is 0 Å². The molecule has 0 N–H and O–H groups in total. The van der Waals surface area contributed by atoms with E-state index in [2.05, 4.69) is 25.3 Å². The first-order chi connectivity index (χ1) is 5.26. The van der Waals surface area contributed by atoms with Crippen molar-refractivity contribution in [3.05, 3.63) is 0 Å². The lowest BCUT2D eigenvalue weighted by atomic mass is 10.1. The predicted octanol–water partition coefficient (Wildman–Crippen LogP) is 1.68. The van der Waals surface area contributed by atoms with Crippen LogP contribution >= 0.6 is 37.0 Å². The summed E-state index contributed by atoms with van der Waals surface area (Å²) in [5.41, 5.74) is 0. The van der Waals surface area contributed by atoms with E-state index in [4.69, 9.17) is 0 Å². The zero-order valence-corrected chi connectivity index (χ0v) is 8.80. The molecule has 1 heterocycles. The standard InChI is InChI=1S/C7H12OS3/c8-5-1-6(3-9)11-7(2-5)4-10/h6-7,9-10H,1-4H2. The first-order valence-electron chi connectivity index (χ1n) is 3.65. The average Bonchev–Trinajstić information content (AvgIpc) is 2.03. The predicted molar refractivity (Wildman–Crippen MR) is 57.1 cm³/mol. The number of thiol groups is 2. The van der Waals surface area contributed by atoms with E-state index in [1.807, 2.05) is 11.8 Å². The van der Waals surface area contributed by atoms with E-state index < -0.39 is 0 Å². The quantitative estimate of drug-likeness (QED) is 0.672. The fourth-order valence-corrected chi connectivity index (χ4v) is 3.23. The molecule has 0 aromatic rings. The number of carbonyl (C=O) groups is 1. The van der Waals surface area contributed by atoms with E-state index in [-0.39, 0.29) is 0 Å². The molecule has 0 radical (unpaired) electrons. The largest absolute Gasteiger partial charge is 0.300 e. The van der Waals surface area contributed by atoms with Crippen molar-refractivity contribution < 1.29 is 4.79 Å². The molecule has 1 fully saturated rings. The second kappa shape index (κ2) is 4.67. The van der Waals surface area contributed by atoms with E-state index in [0.29, 0.717) is 29.1 Å². The number of ketones is 1. The molecule has 0 amide bonds. The molecule has 0 aromatic carbocycles. The Bertz CT molecular complexity index is 135. The van der Waals surface area contributed by atoms with Gasteiger partial charge in [-0.2, -0.15) is 37.0 Å². The third kappa shape index (κ3) is 2.92. The van der Waals surface area contributed by atoms with Crippen LogP contribution < -0.4 is 0 Å². The lowest BCUT2D eigenvalue weighted by Crippen LogP contribution is -2.26. The van der Waals surface area contributed by atoms with Gasteiger partial charge in [-0.1, -0.05) is 0 Å². The van der Waals surface area contributed by atoms with Crippen LogP contribution in [0.2, 0.25) is 0 Å². The van der Waals surface area contributed by atoms with Crippen LogP contribution in [-0.4, -0.2) is 27.8 Å². The average molecular weight is 208 g/mol. The number of carbonyl (C=O) groups excluding carboxylic acids is 1. The first kappa shape index (κ1) is 9.81. The Balaban J connectivity index is 2.43. The summed E-state index contributed by atoms with van der Waals surface area (Å²) in [6.45, 7) is 0. The molecule has 1 rings (SSSR count). The fourth-order valence-electron chi connectivity index (χ4n) is 1.17. The minimum Gasteiger partial charge on any atom is -0.300 e. The van der Waals surface area contributed by atoms with Crippen molar-refractivity contribution in [2.75, 3.05) is 11.5 Å². The van der Waals surface area contributed by atoms with Crippen molar-refractivity contribution in [3.63, 3.8) is 0 Å². The van der Waals surface area contributed by atoms with Crippen molar-refractivity contribution in [3.8, 4) is 0 Å². The third-order valence-electron chi connectivity index (χ3n) is 1.70. The highest BCUT2D eigenvalue weighted by molar-refractivity contribution is 8.02. The summed E-state index contributed by atoms with van der Waals surface area (Å²) in [6.07, 6.45) is 1.41. The van der Waals surface area contributed by atoms with Gasteiger partial charge < -0.3 is 0 Å². The molecule has 0 saturated carbocycles. The van der Waals surface area contributed by atoms with Gasteiger partial charge >= 0.3 is 0 Å². The summed E-state index contributed by atoms with van der Waals surface area (Å²) >= 11 is 10.2. The highest BCUT2D eigenvalue weighted by Gasteiger charge is 2.25. The molecule has 1 saturated heterocycles. The summed E-state index contributed by atoms with van der Waals surface area (Å²) in [6, 6.07) is 0. The Hall–Kier alpha value is 0.720. The maximum atomic E-state index is 11.1. The Morgan fingerprint density at radius 2 is 1.73 bits per heavy atom. The maximum absolute atomic E-state index is 11.1. The van der Waals surface area contributed by atoms with E-state index in [1.165, 1.54) is 0 Å². The molecule has 0 aliphatic carbocycles. The lowest BCUT2D eigenvalue weighted by Gasteiger charge is -2.25. The SMILES string of the molecule is O=C1CC(CS)SC(CS)C1. The number of rotatable bonds is 2. The highest BCUT2D eigenvalue weighted by atomic mass is 32.2. The summed E-state index contributed by atoms with van der Waals surface area (Å²) in [7, 11) is 0. The summed E-state index contributed by atoms with van der Waals surface area (Å²) < 4.78 is 0. The number of hydrogen-bond donors (Lipinski definition) is 2. The Labute approximate surface area is 82.5 Å². The van der Waals surface area contributed by atoms with E-state index in [1.54, 1.807) is 0 Å². The van der Waals surface area contributed by atoms with Crippen LogP contribution in [0, 0.1) is 0 Å². The summed E-state index contributed by atoms with van der Waals surface area (Å²) in [5.74, 6) is 1.99. The van der Waals surface area contributed by atoms with Crippen molar-refractivity contribution >= 4 is 42.8 Å². The van der Waals surface area contributed by atoms with Gasteiger partial charge in [-0.05, 0) is 0 Å². The molecule has 0 bridgehead atoms. The molecule has 1 nitrogen and oxygen atoms in total. The van der Waals surface area contributed by atoms with E-state index in [0.717, 1.165) is 11.5 Å². The van der Waals surface area contributed by atoms with Crippen LogP contribution in [-0.2, 0) is 4.79 Å². The molecular formula is C7H12OS3. The molecule has 1 aliphatic heterocycles. The van der Waals surface area contributed by atoms with Crippen molar-refractivity contribution in [2.24, 2.45) is 0 Å². The summed E-state index contributed by atoms with van der Waals surface area (Å²) in [5, 5.41) is 0.855. The van der Waals surface area contributed by atoms with Gasteiger partial charge in [-0.25, -0.2) is 0 Å². The monoisotopic (exact) mass is 208 g/mol. The second-order valence-corrected chi connectivity index (χ2v) is 5.03. The van der Waals surface area contributed by atoms with Crippen molar-refractivity contribution in [2.45, 2.75) is 23.3 Å². The number of Topliss-reactive ketones (excluding diaryl/α,β-unsaturated/α-hetero) is 1. The zero-order valence-electron chi connectivity index (χ0n) is 6.19. The van der Waals surface area contributed by atoms with Crippen LogP contribution in [0.15, 0.2) is 0 Å². The van der Waals surface area contributed by atoms with Crippen LogP contribution in [0.25, 0.3) is 0 Å². The molecule has 11 heavy (non-hydrogen) atoms. The van der Waals surface area contributed by atoms with Gasteiger partial charge in [-0.3, -0.25) is 4.79 Å². The van der Waals surface area contributed by atoms with Crippen LogP contribution in [0.5, 0.6) is 0 Å². The Morgan fingerprint density at radius 3 is 2.09 bits per heavy atom. The Kier molecular flexibility index (Phi) is 4.17. The van der Waals surface area contributed by atoms with Crippen LogP contribution in [0.4, 0.5) is 0 Å². The van der Waals surface area contributed by atoms with Crippen LogP contribution in [0.3, 0.4) is 0 Å². The van der Waals surface area contributed by atoms with Gasteiger partial charge in [0, 0.05) is 34.8 Å². The number of thioether (sulfide) groups is 1. The molecule has 64 valence electrons. The molecule has 0 spiro atoms.